The van der Waals surface area contributed by atoms with Crippen molar-refractivity contribution in [2.24, 2.45) is 11.0 Å². The Kier molecular flexibility index (Phi) is 7.53. The number of benzene rings is 1. The molecule has 9 heteroatoms. The summed E-state index contributed by atoms with van der Waals surface area (Å²) in [6.07, 6.45) is 4.58. The van der Waals surface area contributed by atoms with E-state index in [1.807, 2.05) is 50.2 Å². The van der Waals surface area contributed by atoms with Gasteiger partial charge in [0, 0.05) is 23.9 Å². The van der Waals surface area contributed by atoms with Crippen molar-refractivity contribution in [2.75, 3.05) is 7.11 Å². The molecule has 1 saturated carbocycles. The minimum Gasteiger partial charge on any atom is -0.481 e. The normalized spacial score (nSPS) is 22.4. The summed E-state index contributed by atoms with van der Waals surface area (Å²) in [6, 6.07) is 11.4. The number of amides is 2. The average molecular weight is 481 g/mol. The summed E-state index contributed by atoms with van der Waals surface area (Å²) in [5, 5.41) is 7.31. The van der Waals surface area contributed by atoms with Crippen molar-refractivity contribution >= 4 is 17.9 Å². The Bertz CT molecular complexity index is 1080. The number of aromatic nitrogens is 1. The van der Waals surface area contributed by atoms with Gasteiger partial charge in [-0.3, -0.25) is 0 Å². The topological polar surface area (TPSA) is 111 Å². The first kappa shape index (κ1) is 24.5. The van der Waals surface area contributed by atoms with E-state index in [1.54, 1.807) is 13.3 Å². The van der Waals surface area contributed by atoms with Gasteiger partial charge in [-0.25, -0.2) is 20.0 Å². The molecule has 1 fully saturated rings. The van der Waals surface area contributed by atoms with E-state index >= 15 is 0 Å². The summed E-state index contributed by atoms with van der Waals surface area (Å²) in [5.41, 5.74) is 5.09. The highest BCUT2D eigenvalue weighted by Crippen LogP contribution is 2.41. The van der Waals surface area contributed by atoms with E-state index in [0.29, 0.717) is 30.4 Å². The van der Waals surface area contributed by atoms with E-state index in [0.717, 1.165) is 36.0 Å². The number of nitrogens with zero attached hydrogens (tertiary/aromatic N) is 2. The van der Waals surface area contributed by atoms with Gasteiger partial charge in [0.2, 0.25) is 5.88 Å². The molecular formula is C26H32N4O5. The molecule has 1 spiro atoms. The fraction of sp³-hybridized carbons (Fsp3) is 0.462. The standard InChI is InChI=1S/C26H32N4O5/c1-17-13-22(33-3)27-15-21(17)23-26(35-25(32)30-29-23)11-9-19(10-12-26)14-18(2)28-24(31)34-16-20-7-5-4-6-8-20/h4-8,13,15,18-19H,9-12,14,16H2,1-3H3,(H,28,31)(H,30,32)/t18-,19?,26?/m0/s1. The lowest BCUT2D eigenvalue weighted by Crippen LogP contribution is -2.52. The summed E-state index contributed by atoms with van der Waals surface area (Å²) < 4.78 is 16.4. The van der Waals surface area contributed by atoms with Crippen molar-refractivity contribution < 1.29 is 23.8 Å². The average Bonchev–Trinajstić information content (AvgIpc) is 2.85. The molecule has 186 valence electrons. The smallest absolute Gasteiger partial charge is 0.428 e. The third-order valence-corrected chi connectivity index (χ3v) is 6.71. The molecule has 1 aliphatic heterocycles. The lowest BCUT2D eigenvalue weighted by molar-refractivity contribution is 0.0153. The van der Waals surface area contributed by atoms with Crippen LogP contribution in [0, 0.1) is 12.8 Å². The van der Waals surface area contributed by atoms with Crippen molar-refractivity contribution in [2.45, 2.75) is 64.2 Å². The summed E-state index contributed by atoms with van der Waals surface area (Å²) >= 11 is 0. The SMILES string of the molecule is COc1cc(C)c(C2=NNC(=O)OC23CCC(C[C@H](C)NC(=O)OCc2ccccc2)CC3)cn1. The van der Waals surface area contributed by atoms with Crippen LogP contribution in [-0.4, -0.2) is 41.6 Å². The minimum absolute atomic E-state index is 0.0333. The molecule has 2 heterocycles. The lowest BCUT2D eigenvalue weighted by atomic mass is 9.72. The Balaban J connectivity index is 1.34. The second-order valence-corrected chi connectivity index (χ2v) is 9.28. The van der Waals surface area contributed by atoms with Crippen LogP contribution in [-0.2, 0) is 16.1 Å². The Morgan fingerprint density at radius 3 is 2.71 bits per heavy atom. The first-order valence-corrected chi connectivity index (χ1v) is 11.9. The molecule has 1 aliphatic carbocycles. The minimum atomic E-state index is -0.787. The number of rotatable bonds is 7. The predicted molar refractivity (Wildman–Crippen MR) is 130 cm³/mol. The van der Waals surface area contributed by atoms with Gasteiger partial charge in [-0.1, -0.05) is 30.3 Å². The number of pyridine rings is 1. The number of carbonyl (C=O) groups is 2. The van der Waals surface area contributed by atoms with Gasteiger partial charge in [-0.05, 0) is 63.0 Å². The molecule has 35 heavy (non-hydrogen) atoms. The summed E-state index contributed by atoms with van der Waals surface area (Å²) in [4.78, 5) is 28.6. The second-order valence-electron chi connectivity index (χ2n) is 9.28. The second kappa shape index (κ2) is 10.8. The number of hydrogen-bond acceptors (Lipinski definition) is 7. The molecule has 1 aromatic carbocycles. The Morgan fingerprint density at radius 2 is 2.03 bits per heavy atom. The first-order valence-electron chi connectivity index (χ1n) is 11.9. The van der Waals surface area contributed by atoms with Crippen molar-refractivity contribution in [1.82, 2.24) is 15.7 Å². The van der Waals surface area contributed by atoms with E-state index in [-0.39, 0.29) is 12.6 Å². The highest BCUT2D eigenvalue weighted by Gasteiger charge is 2.46. The van der Waals surface area contributed by atoms with Crippen LogP contribution in [0.5, 0.6) is 5.88 Å². The van der Waals surface area contributed by atoms with Crippen LogP contribution < -0.4 is 15.5 Å². The quantitative estimate of drug-likeness (QED) is 0.605. The summed E-state index contributed by atoms with van der Waals surface area (Å²) in [7, 11) is 1.57. The number of carbonyl (C=O) groups excluding carboxylic acids is 2. The van der Waals surface area contributed by atoms with Gasteiger partial charge in [0.25, 0.3) is 0 Å². The number of hydrazone groups is 1. The van der Waals surface area contributed by atoms with Crippen LogP contribution in [0.3, 0.4) is 0 Å². The van der Waals surface area contributed by atoms with Gasteiger partial charge >= 0.3 is 12.2 Å². The van der Waals surface area contributed by atoms with Crippen molar-refractivity contribution in [1.29, 1.82) is 0 Å². The molecule has 1 atom stereocenters. The van der Waals surface area contributed by atoms with Crippen LogP contribution in [0.1, 0.15) is 55.7 Å². The molecule has 0 radical (unpaired) electrons. The number of nitrogens with one attached hydrogen (secondary N) is 2. The molecular weight excluding hydrogens is 448 g/mol. The molecule has 9 nitrogen and oxygen atoms in total. The number of aryl methyl sites for hydroxylation is 1. The molecule has 0 saturated heterocycles. The highest BCUT2D eigenvalue weighted by atomic mass is 16.6. The van der Waals surface area contributed by atoms with E-state index < -0.39 is 17.8 Å². The van der Waals surface area contributed by atoms with E-state index in [1.165, 1.54) is 0 Å². The van der Waals surface area contributed by atoms with Gasteiger partial charge < -0.3 is 19.5 Å². The number of alkyl carbamates (subject to hydrolysis) is 1. The van der Waals surface area contributed by atoms with Crippen molar-refractivity contribution in [3.8, 4) is 5.88 Å². The maximum absolute atomic E-state index is 12.2. The molecule has 4 rings (SSSR count). The van der Waals surface area contributed by atoms with Crippen LogP contribution >= 0.6 is 0 Å². The van der Waals surface area contributed by atoms with Crippen molar-refractivity contribution in [3.63, 3.8) is 0 Å². The lowest BCUT2D eigenvalue weighted by Gasteiger charge is -2.42. The monoisotopic (exact) mass is 480 g/mol. The third kappa shape index (κ3) is 5.90. The molecule has 0 bridgehead atoms. The third-order valence-electron chi connectivity index (χ3n) is 6.71. The van der Waals surface area contributed by atoms with Crippen LogP contribution in [0.4, 0.5) is 9.59 Å². The van der Waals surface area contributed by atoms with Crippen molar-refractivity contribution in [3.05, 3.63) is 59.3 Å². The zero-order chi connectivity index (χ0) is 24.8. The van der Waals surface area contributed by atoms with Gasteiger partial charge in [-0.15, -0.1) is 0 Å². The first-order chi connectivity index (χ1) is 16.9. The van der Waals surface area contributed by atoms with Gasteiger partial charge in [0.15, 0.2) is 5.60 Å². The zero-order valence-corrected chi connectivity index (χ0v) is 20.4. The Hall–Kier alpha value is -3.62. The predicted octanol–water partition coefficient (Wildman–Crippen LogP) is 4.48. The molecule has 2 N–H and O–H groups in total. The van der Waals surface area contributed by atoms with Crippen LogP contribution in [0.2, 0.25) is 0 Å². The summed E-state index contributed by atoms with van der Waals surface area (Å²) in [6.45, 7) is 4.19. The Labute approximate surface area is 205 Å². The fourth-order valence-electron chi connectivity index (χ4n) is 4.89. The molecule has 0 unspecified atom stereocenters. The number of ether oxygens (including phenoxy) is 3. The van der Waals surface area contributed by atoms with Gasteiger partial charge in [0.05, 0.1) is 7.11 Å². The van der Waals surface area contributed by atoms with E-state index in [2.05, 4.69) is 20.8 Å². The molecule has 2 amide bonds. The number of methoxy groups -OCH3 is 1. The molecule has 1 aromatic heterocycles. The molecule has 2 aromatic rings. The maximum atomic E-state index is 12.2. The van der Waals surface area contributed by atoms with E-state index in [9.17, 15) is 9.59 Å². The van der Waals surface area contributed by atoms with Crippen LogP contribution in [0.25, 0.3) is 0 Å². The highest BCUT2D eigenvalue weighted by molar-refractivity contribution is 6.09. The number of hydrogen-bond donors (Lipinski definition) is 2. The fourth-order valence-corrected chi connectivity index (χ4v) is 4.89. The van der Waals surface area contributed by atoms with E-state index in [4.69, 9.17) is 14.2 Å². The summed E-state index contributed by atoms with van der Waals surface area (Å²) in [5.74, 6) is 0.907. The van der Waals surface area contributed by atoms with Gasteiger partial charge in [0.1, 0.15) is 12.3 Å². The van der Waals surface area contributed by atoms with Gasteiger partial charge in [-0.2, -0.15) is 5.10 Å². The molecule has 2 aliphatic rings. The maximum Gasteiger partial charge on any atom is 0.428 e. The largest absolute Gasteiger partial charge is 0.481 e. The zero-order valence-electron chi connectivity index (χ0n) is 20.4. The Morgan fingerprint density at radius 1 is 1.29 bits per heavy atom. The van der Waals surface area contributed by atoms with Crippen LogP contribution in [0.15, 0.2) is 47.7 Å².